The Labute approximate surface area is 202 Å². The van der Waals surface area contributed by atoms with Gasteiger partial charge >= 0.3 is 11.6 Å². The van der Waals surface area contributed by atoms with Crippen molar-refractivity contribution in [2.75, 3.05) is 6.54 Å². The number of fused-ring (bicyclic) bond motifs is 2. The second-order valence-electron chi connectivity index (χ2n) is 9.96. The van der Waals surface area contributed by atoms with Gasteiger partial charge in [-0.1, -0.05) is 41.0 Å². The van der Waals surface area contributed by atoms with Gasteiger partial charge in [0.2, 0.25) is 11.8 Å². The van der Waals surface area contributed by atoms with E-state index in [2.05, 4.69) is 31.4 Å². The normalized spacial score (nSPS) is 13.5. The van der Waals surface area contributed by atoms with Crippen LogP contribution in [0.25, 0.3) is 21.9 Å². The molecule has 0 radical (unpaired) electrons. The molecule has 0 aliphatic rings. The summed E-state index contributed by atoms with van der Waals surface area (Å²) in [5.41, 5.74) is 2.00. The number of carboxylic acids is 1. The van der Waals surface area contributed by atoms with Crippen LogP contribution in [0.5, 0.6) is 0 Å². The van der Waals surface area contributed by atoms with Gasteiger partial charge < -0.3 is 24.6 Å². The molecule has 0 saturated carbocycles. The van der Waals surface area contributed by atoms with E-state index in [1.165, 1.54) is 0 Å². The lowest BCUT2D eigenvalue weighted by atomic mass is 9.86. The number of amides is 2. The first-order valence-corrected chi connectivity index (χ1v) is 11.6. The van der Waals surface area contributed by atoms with Gasteiger partial charge in [0.05, 0.1) is 24.8 Å². The molecular formula is C26H32N2O7. The maximum absolute atomic E-state index is 12.6. The topological polar surface area (TPSA) is 139 Å². The van der Waals surface area contributed by atoms with Gasteiger partial charge in [0.1, 0.15) is 17.2 Å². The van der Waals surface area contributed by atoms with Crippen LogP contribution in [-0.4, -0.2) is 35.5 Å². The van der Waals surface area contributed by atoms with Crippen molar-refractivity contribution in [2.45, 2.75) is 65.8 Å². The predicted molar refractivity (Wildman–Crippen MR) is 131 cm³/mol. The fraction of sp³-hybridized carbons (Fsp3) is 0.462. The number of carbonyl (C=O) groups is 3. The standard InChI is InChI=1S/C26H32N2O7/c1-7-13(2)23(24(31)32)28-22(30)11-27-21(29)9-16-14(3)15-8-17-18(26(4,5)6)12-34-19(17)10-20(15)35-25(16)33/h8,10,12-13,23H,7,9,11H2,1-6H3,(H,27,29)(H,28,30)(H,31,32)/t13-,23-/m1/s1. The average Bonchev–Trinajstić information content (AvgIpc) is 3.20. The number of aliphatic carboxylic acids is 1. The van der Waals surface area contributed by atoms with Crippen LogP contribution >= 0.6 is 0 Å². The molecule has 0 bridgehead atoms. The first-order chi connectivity index (χ1) is 16.3. The molecule has 0 saturated heterocycles. The highest BCUT2D eigenvalue weighted by molar-refractivity contribution is 5.97. The maximum atomic E-state index is 12.6. The Bertz CT molecular complexity index is 1340. The molecule has 9 nitrogen and oxygen atoms in total. The van der Waals surface area contributed by atoms with E-state index in [4.69, 9.17) is 8.83 Å². The Morgan fingerprint density at radius 2 is 1.77 bits per heavy atom. The lowest BCUT2D eigenvalue weighted by molar-refractivity contribution is -0.143. The zero-order valence-electron chi connectivity index (χ0n) is 20.9. The highest BCUT2D eigenvalue weighted by atomic mass is 16.4. The second-order valence-corrected chi connectivity index (χ2v) is 9.96. The van der Waals surface area contributed by atoms with Crippen molar-refractivity contribution in [3.63, 3.8) is 0 Å². The van der Waals surface area contributed by atoms with Crippen LogP contribution in [-0.2, 0) is 26.2 Å². The van der Waals surface area contributed by atoms with Gasteiger partial charge in [0.25, 0.3) is 0 Å². The number of nitrogens with one attached hydrogen (secondary N) is 2. The maximum Gasteiger partial charge on any atom is 0.340 e. The molecule has 188 valence electrons. The minimum atomic E-state index is -1.13. The second kappa shape index (κ2) is 9.93. The van der Waals surface area contributed by atoms with E-state index in [9.17, 15) is 24.3 Å². The van der Waals surface area contributed by atoms with Crippen molar-refractivity contribution in [2.24, 2.45) is 5.92 Å². The van der Waals surface area contributed by atoms with E-state index in [1.807, 2.05) is 13.0 Å². The van der Waals surface area contributed by atoms with Gasteiger partial charge in [0, 0.05) is 22.4 Å². The lowest BCUT2D eigenvalue weighted by Crippen LogP contribution is -2.48. The fourth-order valence-corrected chi connectivity index (χ4v) is 4.00. The molecule has 3 rings (SSSR count). The SMILES string of the molecule is CC[C@@H](C)[C@@H](NC(=O)CNC(=O)Cc1c(C)c2cc3c(C(C)(C)C)coc3cc2oc1=O)C(=O)O. The van der Waals surface area contributed by atoms with Gasteiger partial charge in [-0.2, -0.15) is 0 Å². The number of carbonyl (C=O) groups excluding carboxylic acids is 2. The summed E-state index contributed by atoms with van der Waals surface area (Å²) in [5, 5.41) is 15.8. The number of rotatable bonds is 8. The molecule has 35 heavy (non-hydrogen) atoms. The first kappa shape index (κ1) is 26.0. The summed E-state index contributed by atoms with van der Waals surface area (Å²) >= 11 is 0. The Balaban J connectivity index is 1.80. The summed E-state index contributed by atoms with van der Waals surface area (Å²) < 4.78 is 11.2. The molecular weight excluding hydrogens is 452 g/mol. The highest BCUT2D eigenvalue weighted by Crippen LogP contribution is 2.35. The Hall–Kier alpha value is -3.62. The van der Waals surface area contributed by atoms with Crippen LogP contribution in [0.3, 0.4) is 0 Å². The summed E-state index contributed by atoms with van der Waals surface area (Å²) in [5.74, 6) is -2.57. The van der Waals surface area contributed by atoms with Gasteiger partial charge in [-0.15, -0.1) is 0 Å². The number of hydrogen-bond acceptors (Lipinski definition) is 6. The number of hydrogen-bond donors (Lipinski definition) is 3. The summed E-state index contributed by atoms with van der Waals surface area (Å²) in [7, 11) is 0. The first-order valence-electron chi connectivity index (χ1n) is 11.6. The quantitative estimate of drug-likeness (QED) is 0.416. The number of carboxylic acid groups (broad SMARTS) is 1. The predicted octanol–water partition coefficient (Wildman–Crippen LogP) is 3.42. The van der Waals surface area contributed by atoms with Crippen molar-refractivity contribution in [1.82, 2.24) is 10.6 Å². The molecule has 2 aromatic heterocycles. The van der Waals surface area contributed by atoms with Crippen LogP contribution in [0.4, 0.5) is 0 Å². The summed E-state index contributed by atoms with van der Waals surface area (Å²) in [4.78, 5) is 48.7. The van der Waals surface area contributed by atoms with E-state index in [0.29, 0.717) is 28.5 Å². The van der Waals surface area contributed by atoms with Crippen molar-refractivity contribution in [3.05, 3.63) is 45.5 Å². The summed E-state index contributed by atoms with van der Waals surface area (Å²) in [6.07, 6.45) is 2.00. The van der Waals surface area contributed by atoms with E-state index in [-0.39, 0.29) is 23.3 Å². The number of aryl methyl sites for hydroxylation is 1. The summed E-state index contributed by atoms with van der Waals surface area (Å²) in [6, 6.07) is 2.54. The van der Waals surface area contributed by atoms with Gasteiger partial charge in [-0.05, 0) is 29.9 Å². The van der Waals surface area contributed by atoms with Crippen molar-refractivity contribution < 1.29 is 28.3 Å². The third-order valence-corrected chi connectivity index (χ3v) is 6.37. The molecule has 9 heteroatoms. The van der Waals surface area contributed by atoms with Gasteiger partial charge in [0.15, 0.2) is 0 Å². The van der Waals surface area contributed by atoms with Crippen LogP contribution in [0.1, 0.15) is 57.7 Å². The Kier molecular flexibility index (Phi) is 7.38. The molecule has 2 amide bonds. The van der Waals surface area contributed by atoms with Gasteiger partial charge in [-0.3, -0.25) is 9.59 Å². The van der Waals surface area contributed by atoms with E-state index < -0.39 is 36.0 Å². The Morgan fingerprint density at radius 3 is 2.37 bits per heavy atom. The van der Waals surface area contributed by atoms with Crippen LogP contribution in [0.2, 0.25) is 0 Å². The van der Waals surface area contributed by atoms with Crippen molar-refractivity contribution >= 4 is 39.7 Å². The van der Waals surface area contributed by atoms with Crippen molar-refractivity contribution in [1.29, 1.82) is 0 Å². The number of furan rings is 1. The number of benzene rings is 1. The van der Waals surface area contributed by atoms with Gasteiger partial charge in [-0.25, -0.2) is 9.59 Å². The molecule has 3 aromatic rings. The summed E-state index contributed by atoms with van der Waals surface area (Å²) in [6.45, 7) is 11.1. The molecule has 2 heterocycles. The molecule has 0 fully saturated rings. The molecule has 1 aromatic carbocycles. The van der Waals surface area contributed by atoms with E-state index in [1.54, 1.807) is 26.2 Å². The molecule has 2 atom stereocenters. The zero-order chi connectivity index (χ0) is 26.1. The largest absolute Gasteiger partial charge is 0.480 e. The monoisotopic (exact) mass is 484 g/mol. The molecule has 0 spiro atoms. The minimum Gasteiger partial charge on any atom is -0.480 e. The molecule has 0 unspecified atom stereocenters. The van der Waals surface area contributed by atoms with Crippen LogP contribution in [0, 0.1) is 12.8 Å². The van der Waals surface area contributed by atoms with Crippen LogP contribution < -0.4 is 16.3 Å². The zero-order valence-corrected chi connectivity index (χ0v) is 20.9. The molecule has 3 N–H and O–H groups in total. The third kappa shape index (κ3) is 5.55. The van der Waals surface area contributed by atoms with Crippen LogP contribution in [0.15, 0.2) is 32.0 Å². The highest BCUT2D eigenvalue weighted by Gasteiger charge is 2.26. The Morgan fingerprint density at radius 1 is 1.09 bits per heavy atom. The molecule has 0 aliphatic heterocycles. The lowest BCUT2D eigenvalue weighted by Gasteiger charge is -2.20. The third-order valence-electron chi connectivity index (χ3n) is 6.37. The van der Waals surface area contributed by atoms with Crippen molar-refractivity contribution in [3.8, 4) is 0 Å². The van der Waals surface area contributed by atoms with E-state index >= 15 is 0 Å². The fourth-order valence-electron chi connectivity index (χ4n) is 4.00. The smallest absolute Gasteiger partial charge is 0.340 e. The minimum absolute atomic E-state index is 0.152. The molecule has 0 aliphatic carbocycles. The average molecular weight is 485 g/mol. The van der Waals surface area contributed by atoms with E-state index in [0.717, 1.165) is 10.9 Å².